The number of carboxylic acid groups (broad SMARTS) is 1. The van der Waals surface area contributed by atoms with E-state index in [1.807, 2.05) is 18.2 Å². The first-order valence-electron chi connectivity index (χ1n) is 7.02. The minimum Gasteiger partial charge on any atom is -0.496 e. The van der Waals surface area contributed by atoms with Gasteiger partial charge in [0.25, 0.3) is 5.91 Å². The molecule has 2 rings (SSSR count). The molecule has 24 heavy (non-hydrogen) atoms. The van der Waals surface area contributed by atoms with Crippen LogP contribution in [-0.4, -0.2) is 24.1 Å². The normalized spacial score (nSPS) is 10.3. The quantitative estimate of drug-likeness (QED) is 0.759. The Bertz CT molecular complexity index is 779. The lowest BCUT2D eigenvalue weighted by atomic mass is 10.0. The van der Waals surface area contributed by atoms with Gasteiger partial charge in [0, 0.05) is 21.6 Å². The van der Waals surface area contributed by atoms with Crippen molar-refractivity contribution in [3.8, 4) is 5.75 Å². The zero-order valence-electron chi connectivity index (χ0n) is 12.8. The maximum atomic E-state index is 12.5. The van der Waals surface area contributed by atoms with Crippen molar-refractivity contribution in [2.75, 3.05) is 7.11 Å². The summed E-state index contributed by atoms with van der Waals surface area (Å²) in [6.07, 6.45) is -0.295. The van der Waals surface area contributed by atoms with Gasteiger partial charge in [0.15, 0.2) is 0 Å². The van der Waals surface area contributed by atoms with Gasteiger partial charge in [0.1, 0.15) is 5.75 Å². The summed E-state index contributed by atoms with van der Waals surface area (Å²) >= 11 is 9.23. The second kappa shape index (κ2) is 8.17. The van der Waals surface area contributed by atoms with E-state index in [0.29, 0.717) is 20.8 Å². The SMILES string of the molecule is COc1ccccc1CNC(=O)c1c(Br)cc(Cl)cc1CC(=O)O. The third-order valence-corrected chi connectivity index (χ3v) is 4.18. The van der Waals surface area contributed by atoms with Crippen LogP contribution in [-0.2, 0) is 17.8 Å². The van der Waals surface area contributed by atoms with Gasteiger partial charge in [0.05, 0.1) is 19.1 Å². The fourth-order valence-corrected chi connectivity index (χ4v) is 3.35. The van der Waals surface area contributed by atoms with E-state index < -0.39 is 5.97 Å². The molecule has 0 aliphatic carbocycles. The minimum absolute atomic E-state index is 0.254. The van der Waals surface area contributed by atoms with Gasteiger partial charge in [-0.2, -0.15) is 0 Å². The van der Waals surface area contributed by atoms with Crippen molar-refractivity contribution in [3.05, 3.63) is 62.6 Å². The highest BCUT2D eigenvalue weighted by molar-refractivity contribution is 9.10. The van der Waals surface area contributed by atoms with Gasteiger partial charge in [-0.05, 0) is 39.7 Å². The van der Waals surface area contributed by atoms with Crippen LogP contribution in [0.2, 0.25) is 5.02 Å². The number of methoxy groups -OCH3 is 1. The lowest BCUT2D eigenvalue weighted by Crippen LogP contribution is -2.25. The predicted molar refractivity (Wildman–Crippen MR) is 94.7 cm³/mol. The van der Waals surface area contributed by atoms with E-state index >= 15 is 0 Å². The molecule has 0 aliphatic rings. The summed E-state index contributed by atoms with van der Waals surface area (Å²) in [6, 6.07) is 10.4. The number of carbonyl (C=O) groups is 2. The van der Waals surface area contributed by atoms with Crippen molar-refractivity contribution in [2.24, 2.45) is 0 Å². The molecule has 126 valence electrons. The number of benzene rings is 2. The molecule has 0 spiro atoms. The molecule has 7 heteroatoms. The predicted octanol–water partition coefficient (Wildman–Crippen LogP) is 3.67. The van der Waals surface area contributed by atoms with Crippen LogP contribution in [0.25, 0.3) is 0 Å². The molecule has 2 N–H and O–H groups in total. The smallest absolute Gasteiger partial charge is 0.307 e. The second-order valence-electron chi connectivity index (χ2n) is 4.99. The van der Waals surface area contributed by atoms with E-state index in [9.17, 15) is 9.59 Å². The molecule has 1 amide bonds. The molecule has 0 unspecified atom stereocenters. The van der Waals surface area contributed by atoms with E-state index in [2.05, 4.69) is 21.2 Å². The van der Waals surface area contributed by atoms with Crippen molar-refractivity contribution in [1.82, 2.24) is 5.32 Å². The van der Waals surface area contributed by atoms with Crippen LogP contribution in [0.1, 0.15) is 21.5 Å². The van der Waals surface area contributed by atoms with E-state index in [1.165, 1.54) is 6.07 Å². The number of hydrogen-bond acceptors (Lipinski definition) is 3. The van der Waals surface area contributed by atoms with Crippen LogP contribution in [0, 0.1) is 0 Å². The maximum absolute atomic E-state index is 12.5. The Kier molecular flexibility index (Phi) is 6.23. The number of carboxylic acids is 1. The molecule has 0 aliphatic heterocycles. The Balaban J connectivity index is 2.24. The van der Waals surface area contributed by atoms with Crippen LogP contribution in [0.5, 0.6) is 5.75 Å². The molecule has 0 radical (unpaired) electrons. The monoisotopic (exact) mass is 411 g/mol. The number of aliphatic carboxylic acids is 1. The molecule has 2 aromatic carbocycles. The standard InChI is InChI=1S/C17H15BrClNO4/c1-24-14-5-3-2-4-10(14)9-20-17(23)16-11(7-15(21)22)6-12(19)8-13(16)18/h2-6,8H,7,9H2,1H3,(H,20,23)(H,21,22). The molecule has 0 bridgehead atoms. The number of ether oxygens (including phenoxy) is 1. The molecular weight excluding hydrogens is 398 g/mol. The van der Waals surface area contributed by atoms with Crippen molar-refractivity contribution in [2.45, 2.75) is 13.0 Å². The lowest BCUT2D eigenvalue weighted by molar-refractivity contribution is -0.136. The molecule has 0 fully saturated rings. The molecule has 0 aromatic heterocycles. The minimum atomic E-state index is -1.04. The van der Waals surface area contributed by atoms with Gasteiger partial charge in [0.2, 0.25) is 0 Å². The third-order valence-electron chi connectivity index (χ3n) is 3.34. The number of amides is 1. The highest BCUT2D eigenvalue weighted by atomic mass is 79.9. The Morgan fingerprint density at radius 1 is 1.25 bits per heavy atom. The van der Waals surface area contributed by atoms with Gasteiger partial charge < -0.3 is 15.2 Å². The Hall–Kier alpha value is -2.05. The van der Waals surface area contributed by atoms with E-state index in [1.54, 1.807) is 19.2 Å². The summed E-state index contributed by atoms with van der Waals surface area (Å²) < 4.78 is 5.69. The van der Waals surface area contributed by atoms with Gasteiger partial charge in [-0.15, -0.1) is 0 Å². The first-order chi connectivity index (χ1) is 11.4. The number of rotatable bonds is 6. The van der Waals surface area contributed by atoms with Crippen LogP contribution in [0.15, 0.2) is 40.9 Å². The summed E-state index contributed by atoms with van der Waals surface area (Å²) in [5.74, 6) is -0.762. The lowest BCUT2D eigenvalue weighted by Gasteiger charge is -2.13. The van der Waals surface area contributed by atoms with Crippen LogP contribution >= 0.6 is 27.5 Å². The fourth-order valence-electron chi connectivity index (χ4n) is 2.30. The number of halogens is 2. The molecule has 0 saturated carbocycles. The van der Waals surface area contributed by atoms with Gasteiger partial charge >= 0.3 is 5.97 Å². The zero-order valence-corrected chi connectivity index (χ0v) is 15.1. The zero-order chi connectivity index (χ0) is 17.7. The largest absolute Gasteiger partial charge is 0.496 e. The number of carbonyl (C=O) groups excluding carboxylic acids is 1. The highest BCUT2D eigenvalue weighted by Crippen LogP contribution is 2.27. The van der Waals surface area contributed by atoms with Crippen molar-refractivity contribution < 1.29 is 19.4 Å². The Morgan fingerprint density at radius 2 is 1.96 bits per heavy atom. The molecule has 5 nitrogen and oxygen atoms in total. The number of para-hydroxylation sites is 1. The topological polar surface area (TPSA) is 75.6 Å². The summed E-state index contributed by atoms with van der Waals surface area (Å²) in [6.45, 7) is 0.254. The first kappa shape index (κ1) is 18.3. The summed E-state index contributed by atoms with van der Waals surface area (Å²) in [4.78, 5) is 23.6. The summed E-state index contributed by atoms with van der Waals surface area (Å²) in [5.41, 5.74) is 1.43. The summed E-state index contributed by atoms with van der Waals surface area (Å²) in [5, 5.41) is 12.2. The number of nitrogens with one attached hydrogen (secondary N) is 1. The average Bonchev–Trinajstić information content (AvgIpc) is 2.51. The van der Waals surface area contributed by atoms with E-state index in [4.69, 9.17) is 21.4 Å². The molecule has 0 atom stereocenters. The average molecular weight is 413 g/mol. The van der Waals surface area contributed by atoms with Crippen LogP contribution in [0.4, 0.5) is 0 Å². The van der Waals surface area contributed by atoms with Crippen LogP contribution < -0.4 is 10.1 Å². The number of hydrogen-bond donors (Lipinski definition) is 2. The Labute approximate surface area is 152 Å². The van der Waals surface area contributed by atoms with Gasteiger partial charge in [-0.25, -0.2) is 0 Å². The molecule has 0 heterocycles. The third kappa shape index (κ3) is 4.49. The fraction of sp³-hybridized carbons (Fsp3) is 0.176. The van der Waals surface area contributed by atoms with Gasteiger partial charge in [-0.1, -0.05) is 29.8 Å². The summed E-state index contributed by atoms with van der Waals surface area (Å²) in [7, 11) is 1.56. The molecule has 2 aromatic rings. The Morgan fingerprint density at radius 3 is 2.62 bits per heavy atom. The van der Waals surface area contributed by atoms with E-state index in [0.717, 1.165) is 5.56 Å². The molecular formula is C17H15BrClNO4. The highest BCUT2D eigenvalue weighted by Gasteiger charge is 2.18. The first-order valence-corrected chi connectivity index (χ1v) is 8.19. The second-order valence-corrected chi connectivity index (χ2v) is 6.28. The van der Waals surface area contributed by atoms with E-state index in [-0.39, 0.29) is 24.4 Å². The maximum Gasteiger partial charge on any atom is 0.307 e. The van der Waals surface area contributed by atoms with Gasteiger partial charge in [-0.3, -0.25) is 9.59 Å². The van der Waals surface area contributed by atoms with Crippen molar-refractivity contribution >= 4 is 39.4 Å². The van der Waals surface area contributed by atoms with Crippen LogP contribution in [0.3, 0.4) is 0 Å². The van der Waals surface area contributed by atoms with Crippen molar-refractivity contribution in [3.63, 3.8) is 0 Å². The van der Waals surface area contributed by atoms with Crippen molar-refractivity contribution in [1.29, 1.82) is 0 Å². The molecule has 0 saturated heterocycles.